The van der Waals surface area contributed by atoms with Crippen LogP contribution >= 0.6 is 0 Å². The molecule has 5 nitrogen and oxygen atoms in total. The summed E-state index contributed by atoms with van der Waals surface area (Å²) in [5.41, 5.74) is 7.94. The van der Waals surface area contributed by atoms with Gasteiger partial charge in [0.05, 0.1) is 39.3 Å². The van der Waals surface area contributed by atoms with Crippen LogP contribution in [0.25, 0.3) is 82.7 Å². The number of benzene rings is 5. The van der Waals surface area contributed by atoms with Crippen molar-refractivity contribution in [3.63, 3.8) is 0 Å². The molecule has 0 spiro atoms. The Bertz CT molecular complexity index is 2710. The Kier molecular flexibility index (Phi) is 4.93. The molecule has 0 N–H and O–H groups in total. The summed E-state index contributed by atoms with van der Waals surface area (Å²) in [5, 5.41) is 7.21. The minimum atomic E-state index is 0.858. The first-order valence-electron chi connectivity index (χ1n) is 15.2. The molecule has 0 radical (unpaired) electrons. The lowest BCUT2D eigenvalue weighted by atomic mass is 10.1. The van der Waals surface area contributed by atoms with E-state index < -0.39 is 0 Å². The highest BCUT2D eigenvalue weighted by Gasteiger charge is 2.21. The maximum atomic E-state index is 5.40. The van der Waals surface area contributed by atoms with Crippen molar-refractivity contribution in [1.82, 2.24) is 23.7 Å². The van der Waals surface area contributed by atoms with Gasteiger partial charge in [-0.2, -0.15) is 0 Å². The SMILES string of the molecule is c1ccc(-n2c3ccccc3c3c2ccc2c4ccccc4n(-c4cccc(-n5c6ccccc6c6ccncc65)n4)c23)cc1. The van der Waals surface area contributed by atoms with E-state index in [2.05, 4.69) is 158 Å². The van der Waals surface area contributed by atoms with E-state index in [4.69, 9.17) is 4.98 Å². The number of pyridine rings is 2. The van der Waals surface area contributed by atoms with Crippen LogP contribution in [0.15, 0.2) is 152 Å². The van der Waals surface area contributed by atoms with Crippen molar-refractivity contribution in [2.45, 2.75) is 0 Å². The fourth-order valence-electron chi connectivity index (χ4n) is 7.33. The first-order valence-corrected chi connectivity index (χ1v) is 15.2. The highest BCUT2D eigenvalue weighted by Crippen LogP contribution is 2.42. The molecule has 0 saturated carbocycles. The molecule has 5 aromatic carbocycles. The van der Waals surface area contributed by atoms with Crippen molar-refractivity contribution in [3.8, 4) is 17.3 Å². The second-order valence-electron chi connectivity index (χ2n) is 11.5. The first kappa shape index (κ1) is 24.3. The van der Waals surface area contributed by atoms with Gasteiger partial charge >= 0.3 is 0 Å². The van der Waals surface area contributed by atoms with Crippen LogP contribution < -0.4 is 0 Å². The number of hydrogen-bond acceptors (Lipinski definition) is 2. The van der Waals surface area contributed by atoms with Crippen LogP contribution in [-0.2, 0) is 0 Å². The molecule has 0 saturated heterocycles. The summed E-state index contributed by atoms with van der Waals surface area (Å²) in [5.74, 6) is 1.73. The number of hydrogen-bond donors (Lipinski definition) is 0. The van der Waals surface area contributed by atoms with Gasteiger partial charge in [0, 0.05) is 44.2 Å². The van der Waals surface area contributed by atoms with Crippen LogP contribution in [-0.4, -0.2) is 23.7 Å². The summed E-state index contributed by atoms with van der Waals surface area (Å²) in [6.45, 7) is 0. The van der Waals surface area contributed by atoms with Gasteiger partial charge in [-0.25, -0.2) is 4.98 Å². The van der Waals surface area contributed by atoms with Crippen molar-refractivity contribution in [2.75, 3.05) is 0 Å². The Morgan fingerprint density at radius 3 is 1.76 bits per heavy atom. The molecule has 5 heteroatoms. The maximum absolute atomic E-state index is 5.40. The largest absolute Gasteiger partial charge is 0.309 e. The fourth-order valence-corrected chi connectivity index (χ4v) is 7.33. The van der Waals surface area contributed by atoms with Crippen molar-refractivity contribution < 1.29 is 0 Å². The number of nitrogens with zero attached hydrogens (tertiary/aromatic N) is 5. The van der Waals surface area contributed by atoms with E-state index in [-0.39, 0.29) is 0 Å². The zero-order chi connectivity index (χ0) is 29.5. The topological polar surface area (TPSA) is 40.6 Å². The van der Waals surface area contributed by atoms with Crippen molar-refractivity contribution >= 4 is 65.4 Å². The smallest absolute Gasteiger partial charge is 0.140 e. The summed E-state index contributed by atoms with van der Waals surface area (Å²) >= 11 is 0. The molecular formula is C40H25N5. The van der Waals surface area contributed by atoms with E-state index in [9.17, 15) is 0 Å². The average molecular weight is 576 g/mol. The second kappa shape index (κ2) is 9.15. The lowest BCUT2D eigenvalue weighted by Crippen LogP contribution is -2.03. The van der Waals surface area contributed by atoms with Gasteiger partial charge in [-0.3, -0.25) is 14.1 Å². The van der Waals surface area contributed by atoms with Crippen molar-refractivity contribution in [2.24, 2.45) is 0 Å². The molecule has 0 amide bonds. The monoisotopic (exact) mass is 575 g/mol. The predicted molar refractivity (Wildman–Crippen MR) is 185 cm³/mol. The Hall–Kier alpha value is -6.20. The van der Waals surface area contributed by atoms with Gasteiger partial charge in [0.1, 0.15) is 11.6 Å². The zero-order valence-corrected chi connectivity index (χ0v) is 24.2. The molecular weight excluding hydrogens is 550 g/mol. The van der Waals surface area contributed by atoms with E-state index in [1.54, 1.807) is 0 Å². The average Bonchev–Trinajstić information content (AvgIpc) is 3.74. The fraction of sp³-hybridized carbons (Fsp3) is 0. The van der Waals surface area contributed by atoms with Crippen LogP contribution in [0, 0.1) is 0 Å². The van der Waals surface area contributed by atoms with Gasteiger partial charge in [0.2, 0.25) is 0 Å². The minimum absolute atomic E-state index is 0.858. The molecule has 0 bridgehead atoms. The summed E-state index contributed by atoms with van der Waals surface area (Å²) < 4.78 is 6.96. The molecule has 0 aliphatic heterocycles. The van der Waals surface area contributed by atoms with E-state index in [1.165, 1.54) is 43.4 Å². The molecule has 5 aromatic heterocycles. The van der Waals surface area contributed by atoms with Gasteiger partial charge in [-0.05, 0) is 54.6 Å². The first-order chi connectivity index (χ1) is 22.4. The molecule has 45 heavy (non-hydrogen) atoms. The lowest BCUT2D eigenvalue weighted by molar-refractivity contribution is 1.01. The number of rotatable bonds is 3. The van der Waals surface area contributed by atoms with Crippen LogP contribution in [0.5, 0.6) is 0 Å². The molecule has 0 fully saturated rings. The maximum Gasteiger partial charge on any atom is 0.140 e. The van der Waals surface area contributed by atoms with E-state index >= 15 is 0 Å². The molecule has 0 aliphatic rings. The van der Waals surface area contributed by atoms with Crippen molar-refractivity contribution in [3.05, 3.63) is 152 Å². The highest BCUT2D eigenvalue weighted by molar-refractivity contribution is 6.26. The van der Waals surface area contributed by atoms with E-state index in [0.717, 1.165) is 39.4 Å². The molecule has 10 aromatic rings. The van der Waals surface area contributed by atoms with Crippen LogP contribution in [0.1, 0.15) is 0 Å². The second-order valence-corrected chi connectivity index (χ2v) is 11.5. The summed E-state index contributed by atoms with van der Waals surface area (Å²) in [6.07, 6.45) is 3.80. The standard InChI is InChI=1S/C40H25N5/c1-2-11-26(12-3-1)43-34-18-9-6-15-31(34)39-35(43)22-21-30-28-14-5-8-17-33(28)45(40(30)39)38-20-10-19-37(42-38)44-32-16-7-4-13-27(32)29-23-24-41-25-36(29)44/h1-25H. The van der Waals surface area contributed by atoms with Gasteiger partial charge in [0.15, 0.2) is 0 Å². The molecule has 10 rings (SSSR count). The zero-order valence-electron chi connectivity index (χ0n) is 24.2. The summed E-state index contributed by atoms with van der Waals surface area (Å²) in [7, 11) is 0. The van der Waals surface area contributed by atoms with Gasteiger partial charge in [-0.1, -0.05) is 84.9 Å². The van der Waals surface area contributed by atoms with Gasteiger partial charge < -0.3 is 4.57 Å². The molecule has 0 atom stereocenters. The normalized spacial score (nSPS) is 12.0. The summed E-state index contributed by atoms with van der Waals surface area (Å²) in [4.78, 5) is 9.88. The third-order valence-electron chi connectivity index (χ3n) is 9.14. The molecule has 210 valence electrons. The van der Waals surface area contributed by atoms with Crippen molar-refractivity contribution in [1.29, 1.82) is 0 Å². The third kappa shape index (κ3) is 3.32. The van der Waals surface area contributed by atoms with Crippen LogP contribution in [0.4, 0.5) is 0 Å². The number of fused-ring (bicyclic) bond motifs is 10. The van der Waals surface area contributed by atoms with E-state index in [1.807, 2.05) is 12.4 Å². The molecule has 0 unspecified atom stereocenters. The summed E-state index contributed by atoms with van der Waals surface area (Å²) in [6, 6.07) is 49.5. The molecule has 0 aliphatic carbocycles. The Morgan fingerprint density at radius 2 is 0.978 bits per heavy atom. The third-order valence-corrected chi connectivity index (χ3v) is 9.14. The Balaban J connectivity index is 1.34. The van der Waals surface area contributed by atoms with Crippen LogP contribution in [0.2, 0.25) is 0 Å². The quantitative estimate of drug-likeness (QED) is 0.210. The Labute approximate surface area is 257 Å². The Morgan fingerprint density at radius 1 is 0.378 bits per heavy atom. The van der Waals surface area contributed by atoms with Crippen LogP contribution in [0.3, 0.4) is 0 Å². The number of para-hydroxylation sites is 4. The minimum Gasteiger partial charge on any atom is -0.309 e. The number of aromatic nitrogens is 5. The van der Waals surface area contributed by atoms with Gasteiger partial charge in [0.25, 0.3) is 0 Å². The lowest BCUT2D eigenvalue weighted by Gasteiger charge is -2.12. The van der Waals surface area contributed by atoms with Gasteiger partial charge in [-0.15, -0.1) is 0 Å². The van der Waals surface area contributed by atoms with E-state index in [0.29, 0.717) is 0 Å². The predicted octanol–water partition coefficient (Wildman–Crippen LogP) is 9.77. The highest BCUT2D eigenvalue weighted by atomic mass is 15.1. The molecule has 5 heterocycles.